The first-order chi connectivity index (χ1) is 14.8. The van der Waals surface area contributed by atoms with Crippen molar-refractivity contribution in [2.75, 3.05) is 0 Å². The second-order valence-electron chi connectivity index (χ2n) is 8.02. The summed E-state index contributed by atoms with van der Waals surface area (Å²) in [6, 6.07) is 7.71. The lowest BCUT2D eigenvalue weighted by atomic mass is 9.83. The van der Waals surface area contributed by atoms with E-state index in [0.717, 1.165) is 24.8 Å². The zero-order valence-electron chi connectivity index (χ0n) is 17.7. The van der Waals surface area contributed by atoms with Gasteiger partial charge in [-0.05, 0) is 73.9 Å². The predicted octanol–water partition coefficient (Wildman–Crippen LogP) is 5.98. The van der Waals surface area contributed by atoms with E-state index in [1.165, 1.54) is 30.9 Å². The number of carbonyl (C=O) groups excluding carboxylic acids is 1. The van der Waals surface area contributed by atoms with Crippen LogP contribution in [0.2, 0.25) is 0 Å². The van der Waals surface area contributed by atoms with Crippen LogP contribution in [0.4, 0.5) is 8.78 Å². The van der Waals surface area contributed by atoms with Crippen LogP contribution in [0.1, 0.15) is 71.4 Å². The van der Waals surface area contributed by atoms with Gasteiger partial charge in [0.15, 0.2) is 5.69 Å². The number of aromatic nitrogens is 1. The molecule has 0 radical (unpaired) electrons. The first kappa shape index (κ1) is 21.0. The van der Waals surface area contributed by atoms with E-state index < -0.39 is 23.6 Å². The van der Waals surface area contributed by atoms with Crippen molar-refractivity contribution in [2.45, 2.75) is 52.0 Å². The molecule has 0 saturated heterocycles. The molecule has 162 valence electrons. The fourth-order valence-corrected chi connectivity index (χ4v) is 3.92. The second-order valence-corrected chi connectivity index (χ2v) is 8.02. The van der Waals surface area contributed by atoms with Gasteiger partial charge in [-0.25, -0.2) is 8.78 Å². The van der Waals surface area contributed by atoms with E-state index >= 15 is 0 Å². The van der Waals surface area contributed by atoms with E-state index in [1.807, 2.05) is 12.1 Å². The fraction of sp³-hybridized carbons (Fsp3) is 0.333. The fourth-order valence-electron chi connectivity index (χ4n) is 3.92. The van der Waals surface area contributed by atoms with Gasteiger partial charge < -0.3 is 14.5 Å². The third kappa shape index (κ3) is 4.31. The van der Waals surface area contributed by atoms with Gasteiger partial charge in [-0.15, -0.1) is 0 Å². The van der Waals surface area contributed by atoms with Crippen LogP contribution in [0.25, 0.3) is 0 Å². The molecule has 1 aromatic heterocycles. The Kier molecular flexibility index (Phi) is 5.76. The van der Waals surface area contributed by atoms with Gasteiger partial charge in [0, 0.05) is 5.56 Å². The molecule has 1 amide bonds. The van der Waals surface area contributed by atoms with Crippen LogP contribution < -0.4 is 10.1 Å². The maximum absolute atomic E-state index is 13.8. The van der Waals surface area contributed by atoms with Gasteiger partial charge in [-0.2, -0.15) is 4.98 Å². The van der Waals surface area contributed by atoms with Crippen molar-refractivity contribution in [2.24, 2.45) is 0 Å². The van der Waals surface area contributed by atoms with Gasteiger partial charge in [0.2, 0.25) is 0 Å². The molecule has 0 fully saturated rings. The van der Waals surface area contributed by atoms with E-state index in [4.69, 9.17) is 9.15 Å². The minimum Gasteiger partial charge on any atom is -0.416 e. The quantitative estimate of drug-likeness (QED) is 0.545. The molecule has 31 heavy (non-hydrogen) atoms. The van der Waals surface area contributed by atoms with Crippen LogP contribution >= 0.6 is 0 Å². The number of ether oxygens (including phenoxy) is 1. The van der Waals surface area contributed by atoms with Crippen molar-refractivity contribution in [3.8, 4) is 11.8 Å². The lowest BCUT2D eigenvalue weighted by Gasteiger charge is -2.23. The lowest BCUT2D eigenvalue weighted by Crippen LogP contribution is -2.27. The largest absolute Gasteiger partial charge is 0.416 e. The number of benzene rings is 2. The first-order valence-corrected chi connectivity index (χ1v) is 10.3. The lowest BCUT2D eigenvalue weighted by molar-refractivity contribution is 0.0934. The summed E-state index contributed by atoms with van der Waals surface area (Å²) in [5.41, 5.74) is 2.69. The minimum atomic E-state index is -0.659. The Morgan fingerprint density at radius 1 is 1.29 bits per heavy atom. The minimum absolute atomic E-state index is 0.0214. The van der Waals surface area contributed by atoms with Crippen molar-refractivity contribution in [3.05, 3.63) is 76.2 Å². The van der Waals surface area contributed by atoms with Crippen molar-refractivity contribution >= 4 is 5.91 Å². The molecule has 2 atom stereocenters. The number of nitrogens with zero attached hydrogens (tertiary/aromatic N) is 1. The molecule has 1 N–H and O–H groups in total. The van der Waals surface area contributed by atoms with Crippen molar-refractivity contribution in [1.82, 2.24) is 10.3 Å². The summed E-state index contributed by atoms with van der Waals surface area (Å²) in [4.78, 5) is 16.7. The molecule has 0 spiro atoms. The molecule has 2 unspecified atom stereocenters. The van der Waals surface area contributed by atoms with E-state index in [1.54, 1.807) is 6.92 Å². The highest BCUT2D eigenvalue weighted by Crippen LogP contribution is 2.37. The molecule has 2 aromatic carbocycles. The van der Waals surface area contributed by atoms with Crippen LogP contribution in [0.3, 0.4) is 0 Å². The molecule has 4 rings (SSSR count). The summed E-state index contributed by atoms with van der Waals surface area (Å²) in [6.07, 6.45) is 4.33. The Bertz CT molecular complexity index is 1100. The maximum atomic E-state index is 13.8. The zero-order valence-corrected chi connectivity index (χ0v) is 17.7. The standard InChI is InChI=1S/C24H24F2N2O3/c1-13-6-4-8-18-17(13)7-5-9-22(18)31-24-28-21(12-30-24)23(29)27-15(3)16-10-19(25)14(2)20(26)11-16/h5,7,9-13,15H,4,6,8H2,1-3H3,(H,27,29). The summed E-state index contributed by atoms with van der Waals surface area (Å²) in [6.45, 7) is 5.19. The summed E-state index contributed by atoms with van der Waals surface area (Å²) in [5.74, 6) is -0.702. The van der Waals surface area contributed by atoms with E-state index in [9.17, 15) is 13.6 Å². The number of nitrogens with one attached hydrogen (secondary N) is 1. The molecular weight excluding hydrogens is 402 g/mol. The third-order valence-corrected chi connectivity index (χ3v) is 5.83. The SMILES string of the molecule is Cc1c(F)cc(C(C)NC(=O)c2coc(Oc3cccc4c3CCCC4C)n2)cc1F. The Hall–Kier alpha value is -3.22. The Balaban J connectivity index is 1.47. The van der Waals surface area contributed by atoms with Crippen LogP contribution in [0, 0.1) is 18.6 Å². The second kappa shape index (κ2) is 8.49. The smallest absolute Gasteiger partial charge is 0.399 e. The Morgan fingerprint density at radius 3 is 2.77 bits per heavy atom. The Morgan fingerprint density at radius 2 is 2.03 bits per heavy atom. The number of carbonyl (C=O) groups is 1. The first-order valence-electron chi connectivity index (χ1n) is 10.3. The molecular formula is C24H24F2N2O3. The number of fused-ring (bicyclic) bond motifs is 1. The van der Waals surface area contributed by atoms with Crippen LogP contribution in [-0.2, 0) is 6.42 Å². The molecule has 3 aromatic rings. The summed E-state index contributed by atoms with van der Waals surface area (Å²) < 4.78 is 38.8. The average molecular weight is 426 g/mol. The van der Waals surface area contributed by atoms with Crippen molar-refractivity contribution in [3.63, 3.8) is 0 Å². The van der Waals surface area contributed by atoms with Crippen molar-refractivity contribution < 1.29 is 22.7 Å². The van der Waals surface area contributed by atoms with Gasteiger partial charge >= 0.3 is 6.08 Å². The van der Waals surface area contributed by atoms with Gasteiger partial charge in [-0.1, -0.05) is 19.1 Å². The van der Waals surface area contributed by atoms with Gasteiger partial charge in [0.25, 0.3) is 5.91 Å². The molecule has 5 nitrogen and oxygen atoms in total. The molecule has 0 aliphatic heterocycles. The van der Waals surface area contributed by atoms with Gasteiger partial charge in [0.1, 0.15) is 23.6 Å². The number of hydrogen-bond acceptors (Lipinski definition) is 4. The highest BCUT2D eigenvalue weighted by atomic mass is 19.1. The monoisotopic (exact) mass is 426 g/mol. The molecule has 7 heteroatoms. The zero-order chi connectivity index (χ0) is 22.1. The summed E-state index contributed by atoms with van der Waals surface area (Å²) in [7, 11) is 0. The molecule has 1 aliphatic carbocycles. The topological polar surface area (TPSA) is 64.4 Å². The van der Waals surface area contributed by atoms with Crippen LogP contribution in [0.5, 0.6) is 11.8 Å². The van der Waals surface area contributed by atoms with Crippen LogP contribution in [-0.4, -0.2) is 10.9 Å². The van der Waals surface area contributed by atoms with E-state index in [2.05, 4.69) is 23.3 Å². The van der Waals surface area contributed by atoms with Gasteiger partial charge in [0.05, 0.1) is 6.04 Å². The molecule has 0 bridgehead atoms. The molecule has 0 saturated carbocycles. The summed E-state index contributed by atoms with van der Waals surface area (Å²) >= 11 is 0. The number of oxazole rings is 1. The van der Waals surface area contributed by atoms with Crippen molar-refractivity contribution in [1.29, 1.82) is 0 Å². The van der Waals surface area contributed by atoms with Crippen LogP contribution in [0.15, 0.2) is 41.0 Å². The Labute approximate surface area is 179 Å². The average Bonchev–Trinajstić information content (AvgIpc) is 3.21. The molecule has 1 heterocycles. The maximum Gasteiger partial charge on any atom is 0.399 e. The number of rotatable bonds is 5. The highest BCUT2D eigenvalue weighted by Gasteiger charge is 2.22. The number of amides is 1. The highest BCUT2D eigenvalue weighted by molar-refractivity contribution is 5.92. The number of halogens is 2. The number of hydrogen-bond donors (Lipinski definition) is 1. The third-order valence-electron chi connectivity index (χ3n) is 5.83. The summed E-state index contributed by atoms with van der Waals surface area (Å²) in [5, 5.41) is 2.67. The van der Waals surface area contributed by atoms with Gasteiger partial charge in [-0.3, -0.25) is 4.79 Å². The predicted molar refractivity (Wildman–Crippen MR) is 111 cm³/mol. The van der Waals surface area contributed by atoms with E-state index in [0.29, 0.717) is 17.2 Å². The van der Waals surface area contributed by atoms with E-state index in [-0.39, 0.29) is 17.3 Å². The molecule has 1 aliphatic rings. The normalized spacial score (nSPS) is 16.5.